The minimum Gasteiger partial charge on any atom is -0.261 e. The lowest BCUT2D eigenvalue weighted by atomic mass is 9.76. The first-order valence-electron chi connectivity index (χ1n) is 5.26. The monoisotopic (exact) mass is 173 g/mol. The highest BCUT2D eigenvalue weighted by Gasteiger charge is 2.50. The molecule has 0 aliphatic heterocycles. The Bertz CT molecular complexity index is 339. The van der Waals surface area contributed by atoms with Crippen molar-refractivity contribution in [1.29, 1.82) is 0 Å². The molecule has 2 aliphatic rings. The summed E-state index contributed by atoms with van der Waals surface area (Å²) in [5, 5.41) is 0. The Morgan fingerprint density at radius 3 is 3.00 bits per heavy atom. The van der Waals surface area contributed by atoms with Crippen LogP contribution in [0.5, 0.6) is 0 Å². The van der Waals surface area contributed by atoms with E-state index in [0.29, 0.717) is 11.3 Å². The molecule has 2 aliphatic carbocycles. The van der Waals surface area contributed by atoms with Crippen LogP contribution in [-0.2, 0) is 6.42 Å². The van der Waals surface area contributed by atoms with Gasteiger partial charge in [0.05, 0.1) is 0 Å². The molecule has 0 saturated heterocycles. The second-order valence-corrected chi connectivity index (χ2v) is 4.63. The quantitative estimate of drug-likeness (QED) is 0.588. The zero-order valence-electron chi connectivity index (χ0n) is 8.09. The molecule has 1 heterocycles. The molecule has 1 nitrogen and oxygen atoms in total. The van der Waals surface area contributed by atoms with Gasteiger partial charge in [-0.1, -0.05) is 13.0 Å². The van der Waals surface area contributed by atoms with Gasteiger partial charge in [0.2, 0.25) is 0 Å². The molecule has 1 heteroatoms. The van der Waals surface area contributed by atoms with E-state index in [1.54, 1.807) is 0 Å². The van der Waals surface area contributed by atoms with Gasteiger partial charge < -0.3 is 0 Å². The second kappa shape index (κ2) is 2.34. The Labute approximate surface area is 79.2 Å². The predicted molar refractivity (Wildman–Crippen MR) is 52.6 cm³/mol. The number of hydrogen-bond acceptors (Lipinski definition) is 1. The van der Waals surface area contributed by atoms with Gasteiger partial charge in [-0.05, 0) is 42.7 Å². The lowest BCUT2D eigenvalue weighted by Gasteiger charge is -2.30. The Morgan fingerprint density at radius 2 is 2.23 bits per heavy atom. The molecule has 1 saturated carbocycles. The molecule has 3 rings (SSSR count). The molecule has 68 valence electrons. The van der Waals surface area contributed by atoms with Crippen molar-refractivity contribution in [1.82, 2.24) is 4.98 Å². The van der Waals surface area contributed by atoms with Crippen LogP contribution in [0.2, 0.25) is 0 Å². The molecular weight excluding hydrogens is 158 g/mol. The molecule has 0 aromatic carbocycles. The van der Waals surface area contributed by atoms with Gasteiger partial charge in [-0.15, -0.1) is 0 Å². The van der Waals surface area contributed by atoms with Gasteiger partial charge in [0, 0.05) is 17.8 Å². The third kappa shape index (κ3) is 0.962. The van der Waals surface area contributed by atoms with Crippen LogP contribution in [0.3, 0.4) is 0 Å². The van der Waals surface area contributed by atoms with Crippen molar-refractivity contribution in [3.63, 3.8) is 0 Å². The van der Waals surface area contributed by atoms with Crippen molar-refractivity contribution in [3.8, 4) is 0 Å². The average molecular weight is 173 g/mol. The van der Waals surface area contributed by atoms with Crippen LogP contribution in [0.25, 0.3) is 0 Å². The van der Waals surface area contributed by atoms with Crippen LogP contribution in [-0.4, -0.2) is 4.98 Å². The first-order valence-corrected chi connectivity index (χ1v) is 5.26. The van der Waals surface area contributed by atoms with Crippen molar-refractivity contribution in [2.75, 3.05) is 0 Å². The summed E-state index contributed by atoms with van der Waals surface area (Å²) in [6.07, 6.45) is 7.46. The molecule has 1 unspecified atom stereocenters. The lowest BCUT2D eigenvalue weighted by Crippen LogP contribution is -2.20. The maximum Gasteiger partial charge on any atom is 0.0469 e. The van der Waals surface area contributed by atoms with Crippen LogP contribution in [0.1, 0.15) is 43.4 Å². The number of aryl methyl sites for hydroxylation is 1. The SMILES string of the molecule is CC1c2ncccc2CCC12CC2. The highest BCUT2D eigenvalue weighted by Crippen LogP contribution is 2.61. The molecule has 1 aromatic heterocycles. The minimum atomic E-state index is 0.668. The van der Waals surface area contributed by atoms with Gasteiger partial charge in [-0.25, -0.2) is 0 Å². The summed E-state index contributed by atoms with van der Waals surface area (Å²) < 4.78 is 0. The van der Waals surface area contributed by atoms with Gasteiger partial charge >= 0.3 is 0 Å². The zero-order valence-corrected chi connectivity index (χ0v) is 8.09. The summed E-state index contributed by atoms with van der Waals surface area (Å²) in [4.78, 5) is 4.54. The van der Waals surface area contributed by atoms with Crippen molar-refractivity contribution in [3.05, 3.63) is 29.6 Å². The molecule has 1 atom stereocenters. The Hall–Kier alpha value is -0.850. The van der Waals surface area contributed by atoms with E-state index >= 15 is 0 Å². The van der Waals surface area contributed by atoms with Gasteiger partial charge in [0.1, 0.15) is 0 Å². The zero-order chi connectivity index (χ0) is 8.89. The number of pyridine rings is 1. The fourth-order valence-electron chi connectivity index (χ4n) is 2.79. The second-order valence-electron chi connectivity index (χ2n) is 4.63. The summed E-state index contributed by atoms with van der Waals surface area (Å²) >= 11 is 0. The van der Waals surface area contributed by atoms with Crippen LogP contribution in [0, 0.1) is 5.41 Å². The van der Waals surface area contributed by atoms with Crippen LogP contribution < -0.4 is 0 Å². The van der Waals surface area contributed by atoms with E-state index in [1.807, 2.05) is 6.20 Å². The van der Waals surface area contributed by atoms with E-state index in [-0.39, 0.29) is 0 Å². The summed E-state index contributed by atoms with van der Waals surface area (Å²) in [7, 11) is 0. The molecule has 13 heavy (non-hydrogen) atoms. The maximum atomic E-state index is 4.54. The number of aromatic nitrogens is 1. The fraction of sp³-hybridized carbons (Fsp3) is 0.583. The van der Waals surface area contributed by atoms with Crippen LogP contribution >= 0.6 is 0 Å². The topological polar surface area (TPSA) is 12.9 Å². The number of hydrogen-bond donors (Lipinski definition) is 0. The van der Waals surface area contributed by atoms with Crippen molar-refractivity contribution >= 4 is 0 Å². The maximum absolute atomic E-state index is 4.54. The van der Waals surface area contributed by atoms with Crippen molar-refractivity contribution in [2.24, 2.45) is 5.41 Å². The number of fused-ring (bicyclic) bond motifs is 1. The average Bonchev–Trinajstić information content (AvgIpc) is 2.94. The summed E-state index contributed by atoms with van der Waals surface area (Å²) in [6, 6.07) is 4.31. The third-order valence-corrected chi connectivity index (χ3v) is 4.04. The lowest BCUT2D eigenvalue weighted by molar-refractivity contribution is 0.359. The Kier molecular flexibility index (Phi) is 1.36. The van der Waals surface area contributed by atoms with Crippen molar-refractivity contribution in [2.45, 2.75) is 38.5 Å². The highest BCUT2D eigenvalue weighted by atomic mass is 14.7. The van der Waals surface area contributed by atoms with Gasteiger partial charge in [-0.3, -0.25) is 4.98 Å². The van der Waals surface area contributed by atoms with E-state index in [0.717, 1.165) is 0 Å². The molecule has 0 amide bonds. The normalized spacial score (nSPS) is 28.5. The van der Waals surface area contributed by atoms with Gasteiger partial charge in [0.25, 0.3) is 0 Å². The summed E-state index contributed by atoms with van der Waals surface area (Å²) in [5.74, 6) is 0.706. The molecule has 1 fully saturated rings. The van der Waals surface area contributed by atoms with E-state index in [2.05, 4.69) is 24.0 Å². The van der Waals surface area contributed by atoms with Crippen LogP contribution in [0.4, 0.5) is 0 Å². The predicted octanol–water partition coefficient (Wildman–Crippen LogP) is 2.91. The molecule has 1 spiro atoms. The molecule has 1 aromatic rings. The van der Waals surface area contributed by atoms with E-state index in [1.165, 1.54) is 36.9 Å². The summed E-state index contributed by atoms with van der Waals surface area (Å²) in [5.41, 5.74) is 3.54. The largest absolute Gasteiger partial charge is 0.261 e. The van der Waals surface area contributed by atoms with Gasteiger partial charge in [-0.2, -0.15) is 0 Å². The van der Waals surface area contributed by atoms with Gasteiger partial charge in [0.15, 0.2) is 0 Å². The number of nitrogens with zero attached hydrogens (tertiary/aromatic N) is 1. The first-order chi connectivity index (χ1) is 6.32. The Morgan fingerprint density at radius 1 is 1.38 bits per heavy atom. The fourth-order valence-corrected chi connectivity index (χ4v) is 2.79. The molecule has 0 bridgehead atoms. The van der Waals surface area contributed by atoms with E-state index in [4.69, 9.17) is 0 Å². The first kappa shape index (κ1) is 7.54. The van der Waals surface area contributed by atoms with Crippen molar-refractivity contribution < 1.29 is 0 Å². The minimum absolute atomic E-state index is 0.668. The van der Waals surface area contributed by atoms with E-state index < -0.39 is 0 Å². The highest BCUT2D eigenvalue weighted by molar-refractivity contribution is 5.30. The smallest absolute Gasteiger partial charge is 0.0469 e. The standard InChI is InChI=1S/C12H15N/c1-9-11-10(3-2-8-13-11)4-5-12(9)6-7-12/h2-3,8-9H,4-7H2,1H3. The molecule has 0 N–H and O–H groups in total. The molecular formula is C12H15N. The van der Waals surface area contributed by atoms with Crippen LogP contribution in [0.15, 0.2) is 18.3 Å². The third-order valence-electron chi connectivity index (χ3n) is 4.04. The van der Waals surface area contributed by atoms with E-state index in [9.17, 15) is 0 Å². The Balaban J connectivity index is 2.08. The number of rotatable bonds is 0. The summed E-state index contributed by atoms with van der Waals surface area (Å²) in [6.45, 7) is 2.36. The molecule has 0 radical (unpaired) electrons.